The van der Waals surface area contributed by atoms with E-state index in [0.29, 0.717) is 0 Å². The Morgan fingerprint density at radius 1 is 1.33 bits per heavy atom. The number of hydrogen-bond donors (Lipinski definition) is 1. The molecule has 4 nitrogen and oxygen atoms in total. The lowest BCUT2D eigenvalue weighted by Gasteiger charge is -2.15. The molecule has 4 heteroatoms. The van der Waals surface area contributed by atoms with E-state index < -0.39 is 0 Å². The van der Waals surface area contributed by atoms with Gasteiger partial charge in [0.15, 0.2) is 0 Å². The molecule has 1 atom stereocenters. The number of benzene rings is 1. The third kappa shape index (κ3) is 3.45. The Bertz CT molecular complexity index is 604. The van der Waals surface area contributed by atoms with Gasteiger partial charge in [-0.2, -0.15) is 5.10 Å². The van der Waals surface area contributed by atoms with E-state index in [1.54, 1.807) is 7.11 Å². The van der Waals surface area contributed by atoms with Crippen molar-refractivity contribution < 1.29 is 4.74 Å². The Kier molecular flexibility index (Phi) is 5.02. The van der Waals surface area contributed by atoms with Gasteiger partial charge in [-0.3, -0.25) is 4.68 Å². The quantitative estimate of drug-likeness (QED) is 0.885. The van der Waals surface area contributed by atoms with E-state index in [1.165, 1.54) is 16.8 Å². The van der Waals surface area contributed by atoms with Crippen molar-refractivity contribution in [3.05, 3.63) is 46.8 Å². The Hall–Kier alpha value is -1.81. The third-order valence-corrected chi connectivity index (χ3v) is 3.92. The summed E-state index contributed by atoms with van der Waals surface area (Å²) in [6.07, 6.45) is 0. The molecule has 0 aliphatic heterocycles. The van der Waals surface area contributed by atoms with Crippen molar-refractivity contribution >= 4 is 0 Å². The molecule has 114 valence electrons. The minimum absolute atomic E-state index is 0.275. The van der Waals surface area contributed by atoms with Crippen molar-refractivity contribution in [1.82, 2.24) is 15.1 Å². The van der Waals surface area contributed by atoms with Gasteiger partial charge >= 0.3 is 0 Å². The van der Waals surface area contributed by atoms with Crippen molar-refractivity contribution in [3.63, 3.8) is 0 Å². The Morgan fingerprint density at radius 2 is 2.10 bits per heavy atom. The van der Waals surface area contributed by atoms with Crippen LogP contribution in [-0.2, 0) is 13.1 Å². The standard InChI is InChI=1S/C17H25N3O/c1-6-20-14(4)17(13(3)19-20)12(2)18-11-15-8-7-9-16(10-15)21-5/h7-10,12,18H,6,11H2,1-5H3. The lowest BCUT2D eigenvalue weighted by Crippen LogP contribution is -2.19. The molecule has 0 bridgehead atoms. The number of methoxy groups -OCH3 is 1. The maximum absolute atomic E-state index is 5.26. The smallest absolute Gasteiger partial charge is 0.119 e. The highest BCUT2D eigenvalue weighted by Gasteiger charge is 2.16. The number of nitrogens with one attached hydrogen (secondary N) is 1. The molecule has 0 radical (unpaired) electrons. The number of aromatic nitrogens is 2. The van der Waals surface area contributed by atoms with Crippen LogP contribution < -0.4 is 10.1 Å². The highest BCUT2D eigenvalue weighted by atomic mass is 16.5. The predicted octanol–water partition coefficient (Wildman–Crippen LogP) is 3.38. The molecular weight excluding hydrogens is 262 g/mol. The second-order valence-electron chi connectivity index (χ2n) is 5.35. The van der Waals surface area contributed by atoms with E-state index in [9.17, 15) is 0 Å². The first-order valence-corrected chi connectivity index (χ1v) is 7.47. The zero-order valence-corrected chi connectivity index (χ0v) is 13.6. The summed E-state index contributed by atoms with van der Waals surface area (Å²) in [6.45, 7) is 10.3. The number of ether oxygens (including phenoxy) is 1. The number of nitrogens with zero attached hydrogens (tertiary/aromatic N) is 2. The average Bonchev–Trinajstić information content (AvgIpc) is 2.79. The van der Waals surface area contributed by atoms with Gasteiger partial charge in [0.1, 0.15) is 5.75 Å². The SMILES string of the molecule is CCn1nc(C)c(C(C)NCc2cccc(OC)c2)c1C. The Morgan fingerprint density at radius 3 is 2.71 bits per heavy atom. The van der Waals surface area contributed by atoms with Crippen LogP contribution in [0.1, 0.15) is 42.4 Å². The van der Waals surface area contributed by atoms with Crippen LogP contribution in [0.5, 0.6) is 5.75 Å². The summed E-state index contributed by atoms with van der Waals surface area (Å²) in [4.78, 5) is 0. The first-order valence-electron chi connectivity index (χ1n) is 7.47. The van der Waals surface area contributed by atoms with Crippen molar-refractivity contribution in [3.8, 4) is 5.75 Å². The van der Waals surface area contributed by atoms with Gasteiger partial charge in [-0.25, -0.2) is 0 Å². The predicted molar refractivity (Wildman–Crippen MR) is 85.6 cm³/mol. The fourth-order valence-corrected chi connectivity index (χ4v) is 2.80. The molecule has 0 amide bonds. The van der Waals surface area contributed by atoms with Crippen LogP contribution in [-0.4, -0.2) is 16.9 Å². The van der Waals surface area contributed by atoms with Gasteiger partial charge in [0.25, 0.3) is 0 Å². The van der Waals surface area contributed by atoms with Gasteiger partial charge in [-0.05, 0) is 45.4 Å². The molecule has 2 rings (SSSR count). The van der Waals surface area contributed by atoms with E-state index in [0.717, 1.165) is 24.5 Å². The molecule has 1 aromatic carbocycles. The first-order chi connectivity index (χ1) is 10.1. The molecule has 1 N–H and O–H groups in total. The van der Waals surface area contributed by atoms with Crippen LogP contribution in [0.3, 0.4) is 0 Å². The van der Waals surface area contributed by atoms with Crippen molar-refractivity contribution in [2.24, 2.45) is 0 Å². The maximum atomic E-state index is 5.26. The van der Waals surface area contributed by atoms with Crippen molar-refractivity contribution in [2.45, 2.75) is 46.8 Å². The summed E-state index contributed by atoms with van der Waals surface area (Å²) in [6, 6.07) is 8.43. The highest BCUT2D eigenvalue weighted by Crippen LogP contribution is 2.22. The molecule has 0 aliphatic carbocycles. The number of hydrogen-bond acceptors (Lipinski definition) is 3. The molecule has 1 aromatic heterocycles. The second kappa shape index (κ2) is 6.76. The monoisotopic (exact) mass is 287 g/mol. The molecule has 0 fully saturated rings. The summed E-state index contributed by atoms with van der Waals surface area (Å²) in [5.41, 5.74) is 4.89. The number of rotatable bonds is 6. The first kappa shape index (κ1) is 15.6. The Labute approximate surface area is 127 Å². The lowest BCUT2D eigenvalue weighted by molar-refractivity contribution is 0.414. The van der Waals surface area contributed by atoms with E-state index in [2.05, 4.69) is 54.9 Å². The van der Waals surface area contributed by atoms with Gasteiger partial charge in [-0.15, -0.1) is 0 Å². The molecule has 0 saturated heterocycles. The zero-order chi connectivity index (χ0) is 15.4. The van der Waals surface area contributed by atoms with Crippen molar-refractivity contribution in [1.29, 1.82) is 0 Å². The van der Waals surface area contributed by atoms with E-state index >= 15 is 0 Å². The Balaban J connectivity index is 2.08. The summed E-state index contributed by atoms with van der Waals surface area (Å²) < 4.78 is 7.33. The van der Waals surface area contributed by atoms with Crippen LogP contribution in [0.15, 0.2) is 24.3 Å². The summed E-state index contributed by atoms with van der Waals surface area (Å²) in [5, 5.41) is 8.17. The van der Waals surface area contributed by atoms with Gasteiger partial charge in [0.05, 0.1) is 12.8 Å². The topological polar surface area (TPSA) is 39.1 Å². The highest BCUT2D eigenvalue weighted by molar-refractivity contribution is 5.30. The van der Waals surface area contributed by atoms with E-state index in [1.807, 2.05) is 12.1 Å². The minimum atomic E-state index is 0.275. The molecule has 2 aromatic rings. The second-order valence-corrected chi connectivity index (χ2v) is 5.35. The molecule has 1 unspecified atom stereocenters. The number of aryl methyl sites for hydroxylation is 2. The van der Waals surface area contributed by atoms with Gasteiger partial charge in [0.2, 0.25) is 0 Å². The van der Waals surface area contributed by atoms with Crippen LogP contribution >= 0.6 is 0 Å². The average molecular weight is 287 g/mol. The van der Waals surface area contributed by atoms with Crippen LogP contribution in [0.4, 0.5) is 0 Å². The van der Waals surface area contributed by atoms with E-state index in [-0.39, 0.29) is 6.04 Å². The summed E-state index contributed by atoms with van der Waals surface area (Å²) in [5.74, 6) is 0.896. The zero-order valence-electron chi connectivity index (χ0n) is 13.6. The van der Waals surface area contributed by atoms with E-state index in [4.69, 9.17) is 4.74 Å². The summed E-state index contributed by atoms with van der Waals surface area (Å²) >= 11 is 0. The normalized spacial score (nSPS) is 12.4. The van der Waals surface area contributed by atoms with Crippen molar-refractivity contribution in [2.75, 3.05) is 7.11 Å². The molecule has 21 heavy (non-hydrogen) atoms. The van der Waals surface area contributed by atoms with Crippen LogP contribution in [0, 0.1) is 13.8 Å². The lowest BCUT2D eigenvalue weighted by atomic mass is 10.1. The molecule has 0 spiro atoms. The molecule has 1 heterocycles. The largest absolute Gasteiger partial charge is 0.497 e. The van der Waals surface area contributed by atoms with Gasteiger partial charge in [0, 0.05) is 30.4 Å². The van der Waals surface area contributed by atoms with Gasteiger partial charge in [-0.1, -0.05) is 12.1 Å². The van der Waals surface area contributed by atoms with Crippen LogP contribution in [0.2, 0.25) is 0 Å². The fourth-order valence-electron chi connectivity index (χ4n) is 2.80. The minimum Gasteiger partial charge on any atom is -0.497 e. The molecule has 0 aliphatic rings. The molecular formula is C17H25N3O. The third-order valence-electron chi connectivity index (χ3n) is 3.92. The van der Waals surface area contributed by atoms with Gasteiger partial charge < -0.3 is 10.1 Å². The summed E-state index contributed by atoms with van der Waals surface area (Å²) in [7, 11) is 1.70. The maximum Gasteiger partial charge on any atom is 0.119 e. The van der Waals surface area contributed by atoms with Crippen LogP contribution in [0.25, 0.3) is 0 Å². The fraction of sp³-hybridized carbons (Fsp3) is 0.471. The molecule has 0 saturated carbocycles.